The van der Waals surface area contributed by atoms with Gasteiger partial charge in [-0.05, 0) is 56.2 Å². The number of nitrogens with zero attached hydrogens (tertiary/aromatic N) is 1. The Morgan fingerprint density at radius 1 is 0.963 bits per heavy atom. The molecule has 3 rings (SSSR count). The fourth-order valence-corrected chi connectivity index (χ4v) is 3.29. The fraction of sp³-hybridized carbons (Fsp3) is 0.364. The van der Waals surface area contributed by atoms with E-state index in [0.29, 0.717) is 29.2 Å². The highest BCUT2D eigenvalue weighted by Gasteiger charge is 2.17. The molecule has 2 aromatic rings. The first kappa shape index (κ1) is 19.0. The second kappa shape index (κ2) is 9.21. The number of amides is 2. The van der Waals surface area contributed by atoms with Gasteiger partial charge in [-0.2, -0.15) is 0 Å². The lowest BCUT2D eigenvalue weighted by molar-refractivity contribution is 0.0761. The van der Waals surface area contributed by atoms with Gasteiger partial charge in [0.15, 0.2) is 0 Å². The number of nitrogens with one attached hydrogen (secondary N) is 1. The SMILES string of the molecule is CCOc1ccccc1C(=O)Nc1ccc(C(=O)N2CCCCCC2)cc1. The molecule has 0 saturated carbocycles. The van der Waals surface area contributed by atoms with Crippen LogP contribution >= 0.6 is 0 Å². The molecule has 2 amide bonds. The summed E-state index contributed by atoms with van der Waals surface area (Å²) in [4.78, 5) is 27.1. The van der Waals surface area contributed by atoms with Crippen molar-refractivity contribution in [2.75, 3.05) is 25.0 Å². The quantitative estimate of drug-likeness (QED) is 0.856. The van der Waals surface area contributed by atoms with Crippen LogP contribution in [0, 0.1) is 0 Å². The topological polar surface area (TPSA) is 58.6 Å². The highest BCUT2D eigenvalue weighted by molar-refractivity contribution is 6.06. The average molecular weight is 366 g/mol. The van der Waals surface area contributed by atoms with Crippen LogP contribution in [0.15, 0.2) is 48.5 Å². The Kier molecular flexibility index (Phi) is 6.47. The number of hydrogen-bond acceptors (Lipinski definition) is 3. The summed E-state index contributed by atoms with van der Waals surface area (Å²) in [7, 11) is 0. The van der Waals surface area contributed by atoms with Crippen LogP contribution in [-0.4, -0.2) is 36.4 Å². The molecule has 1 fully saturated rings. The van der Waals surface area contributed by atoms with Gasteiger partial charge >= 0.3 is 0 Å². The van der Waals surface area contributed by atoms with Gasteiger partial charge in [0.25, 0.3) is 11.8 Å². The summed E-state index contributed by atoms with van der Waals surface area (Å²) in [6.07, 6.45) is 4.52. The van der Waals surface area contributed by atoms with Crippen molar-refractivity contribution < 1.29 is 14.3 Å². The molecule has 27 heavy (non-hydrogen) atoms. The lowest BCUT2D eigenvalue weighted by Crippen LogP contribution is -2.31. The van der Waals surface area contributed by atoms with E-state index in [1.807, 2.05) is 17.9 Å². The van der Waals surface area contributed by atoms with Gasteiger partial charge in [-0.15, -0.1) is 0 Å². The van der Waals surface area contributed by atoms with E-state index in [-0.39, 0.29) is 11.8 Å². The van der Waals surface area contributed by atoms with Crippen molar-refractivity contribution in [2.24, 2.45) is 0 Å². The molecule has 0 aromatic heterocycles. The minimum atomic E-state index is -0.231. The number of benzene rings is 2. The highest BCUT2D eigenvalue weighted by Crippen LogP contribution is 2.20. The molecule has 2 aromatic carbocycles. The Labute approximate surface area is 160 Å². The fourth-order valence-electron chi connectivity index (χ4n) is 3.29. The molecule has 1 saturated heterocycles. The largest absolute Gasteiger partial charge is 0.493 e. The van der Waals surface area contributed by atoms with Crippen LogP contribution in [0.5, 0.6) is 5.75 Å². The third-order valence-electron chi connectivity index (χ3n) is 4.71. The Bertz CT molecular complexity index is 778. The minimum Gasteiger partial charge on any atom is -0.493 e. The Morgan fingerprint density at radius 2 is 1.63 bits per heavy atom. The van der Waals surface area contributed by atoms with Crippen LogP contribution in [0.2, 0.25) is 0 Å². The van der Waals surface area contributed by atoms with Crippen molar-refractivity contribution in [3.8, 4) is 5.75 Å². The average Bonchev–Trinajstić information content (AvgIpc) is 2.98. The highest BCUT2D eigenvalue weighted by atomic mass is 16.5. The molecule has 0 atom stereocenters. The number of carbonyl (C=O) groups excluding carboxylic acids is 2. The zero-order valence-electron chi connectivity index (χ0n) is 15.7. The normalized spacial score (nSPS) is 14.3. The second-order valence-corrected chi connectivity index (χ2v) is 6.67. The van der Waals surface area contributed by atoms with Crippen molar-refractivity contribution in [1.29, 1.82) is 0 Å². The van der Waals surface area contributed by atoms with E-state index in [0.717, 1.165) is 25.9 Å². The smallest absolute Gasteiger partial charge is 0.259 e. The molecule has 1 aliphatic heterocycles. The van der Waals surface area contributed by atoms with Crippen LogP contribution < -0.4 is 10.1 Å². The summed E-state index contributed by atoms with van der Waals surface area (Å²) in [5.41, 5.74) is 1.80. The Morgan fingerprint density at radius 3 is 2.30 bits per heavy atom. The number of ether oxygens (including phenoxy) is 1. The molecule has 1 aliphatic rings. The predicted molar refractivity (Wildman–Crippen MR) is 106 cm³/mol. The van der Waals surface area contributed by atoms with Crippen molar-refractivity contribution in [3.05, 3.63) is 59.7 Å². The maximum atomic E-state index is 12.6. The molecule has 1 N–H and O–H groups in total. The molecule has 0 bridgehead atoms. The number of likely N-dealkylation sites (tertiary alicyclic amines) is 1. The number of para-hydroxylation sites is 1. The molecular weight excluding hydrogens is 340 g/mol. The first-order valence-electron chi connectivity index (χ1n) is 9.61. The Balaban J connectivity index is 1.67. The number of carbonyl (C=O) groups is 2. The summed E-state index contributed by atoms with van der Waals surface area (Å²) >= 11 is 0. The monoisotopic (exact) mass is 366 g/mol. The van der Waals surface area contributed by atoms with Crippen molar-refractivity contribution in [2.45, 2.75) is 32.6 Å². The van der Waals surface area contributed by atoms with Gasteiger partial charge in [0.2, 0.25) is 0 Å². The first-order chi connectivity index (χ1) is 13.2. The summed E-state index contributed by atoms with van der Waals surface area (Å²) in [5.74, 6) is 0.396. The summed E-state index contributed by atoms with van der Waals surface area (Å²) < 4.78 is 5.51. The van der Waals surface area contributed by atoms with E-state index in [4.69, 9.17) is 4.74 Å². The van der Waals surface area contributed by atoms with E-state index in [2.05, 4.69) is 5.32 Å². The second-order valence-electron chi connectivity index (χ2n) is 6.67. The van der Waals surface area contributed by atoms with Crippen LogP contribution in [0.25, 0.3) is 0 Å². The van der Waals surface area contributed by atoms with Crippen molar-refractivity contribution >= 4 is 17.5 Å². The maximum absolute atomic E-state index is 12.6. The molecule has 0 radical (unpaired) electrons. The van der Waals surface area contributed by atoms with Gasteiger partial charge < -0.3 is 15.0 Å². The van der Waals surface area contributed by atoms with E-state index in [9.17, 15) is 9.59 Å². The molecule has 0 spiro atoms. The number of anilines is 1. The van der Waals surface area contributed by atoms with Crippen LogP contribution in [0.1, 0.15) is 53.3 Å². The van der Waals surface area contributed by atoms with Crippen molar-refractivity contribution in [1.82, 2.24) is 4.90 Å². The molecule has 0 aliphatic carbocycles. The summed E-state index contributed by atoms with van der Waals surface area (Å²) in [6, 6.07) is 14.2. The first-order valence-corrected chi connectivity index (χ1v) is 9.61. The van der Waals surface area contributed by atoms with E-state index in [1.54, 1.807) is 42.5 Å². The van der Waals surface area contributed by atoms with Gasteiger partial charge in [0.05, 0.1) is 12.2 Å². The zero-order valence-corrected chi connectivity index (χ0v) is 15.7. The lowest BCUT2D eigenvalue weighted by atomic mass is 10.1. The predicted octanol–water partition coefficient (Wildman–Crippen LogP) is 4.35. The molecule has 5 nitrogen and oxygen atoms in total. The third kappa shape index (κ3) is 4.88. The van der Waals surface area contributed by atoms with Crippen LogP contribution in [0.3, 0.4) is 0 Å². The standard InChI is InChI=1S/C22H26N2O3/c1-2-27-20-10-6-5-9-19(20)21(25)23-18-13-11-17(12-14-18)22(26)24-15-7-3-4-8-16-24/h5-6,9-14H,2-4,7-8,15-16H2,1H3,(H,23,25). The lowest BCUT2D eigenvalue weighted by Gasteiger charge is -2.20. The van der Waals surface area contributed by atoms with Gasteiger partial charge in [-0.25, -0.2) is 0 Å². The minimum absolute atomic E-state index is 0.0662. The van der Waals surface area contributed by atoms with E-state index >= 15 is 0 Å². The number of hydrogen-bond donors (Lipinski definition) is 1. The van der Waals surface area contributed by atoms with Crippen LogP contribution in [-0.2, 0) is 0 Å². The van der Waals surface area contributed by atoms with Gasteiger partial charge in [0.1, 0.15) is 5.75 Å². The summed E-state index contributed by atoms with van der Waals surface area (Å²) in [6.45, 7) is 4.03. The maximum Gasteiger partial charge on any atom is 0.259 e. The zero-order chi connectivity index (χ0) is 19.1. The molecular formula is C22H26N2O3. The molecule has 1 heterocycles. The summed E-state index contributed by atoms with van der Waals surface area (Å²) in [5, 5.41) is 2.87. The Hall–Kier alpha value is -2.82. The number of rotatable bonds is 5. The van der Waals surface area contributed by atoms with Crippen molar-refractivity contribution in [3.63, 3.8) is 0 Å². The van der Waals surface area contributed by atoms with Gasteiger partial charge in [-0.3, -0.25) is 9.59 Å². The molecule has 5 heteroatoms. The molecule has 142 valence electrons. The van der Waals surface area contributed by atoms with Crippen LogP contribution in [0.4, 0.5) is 5.69 Å². The van der Waals surface area contributed by atoms with Gasteiger partial charge in [0, 0.05) is 24.3 Å². The third-order valence-corrected chi connectivity index (χ3v) is 4.71. The van der Waals surface area contributed by atoms with Gasteiger partial charge in [-0.1, -0.05) is 25.0 Å². The molecule has 0 unspecified atom stereocenters. The van der Waals surface area contributed by atoms with E-state index in [1.165, 1.54) is 12.8 Å². The van der Waals surface area contributed by atoms with E-state index < -0.39 is 0 Å².